The number of benzene rings is 1. The Balaban J connectivity index is 0.000000235. The quantitative estimate of drug-likeness (QED) is 0.375. The first kappa shape index (κ1) is 24.4. The fourth-order valence-electron chi connectivity index (χ4n) is 3.42. The molecule has 1 fully saturated rings. The summed E-state index contributed by atoms with van der Waals surface area (Å²) in [4.78, 5) is 32.9. The molecule has 3 rings (SSSR count). The largest absolute Gasteiger partial charge is 0.481 e. The predicted octanol–water partition coefficient (Wildman–Crippen LogP) is 0.289. The Kier molecular flexibility index (Phi) is 8.20. The number of aliphatic hydroxyl groups excluding tert-OH is 1. The Morgan fingerprint density at radius 3 is 2.16 bits per heavy atom. The first-order valence-corrected chi connectivity index (χ1v) is 9.65. The van der Waals surface area contributed by atoms with Gasteiger partial charge in [0.1, 0.15) is 0 Å². The van der Waals surface area contributed by atoms with Crippen molar-refractivity contribution in [3.05, 3.63) is 23.3 Å². The van der Waals surface area contributed by atoms with Gasteiger partial charge in [0.2, 0.25) is 6.79 Å². The van der Waals surface area contributed by atoms with Crippen LogP contribution in [0.1, 0.15) is 30.4 Å². The van der Waals surface area contributed by atoms with Crippen LogP contribution in [0.15, 0.2) is 12.1 Å². The molecule has 172 valence electrons. The summed E-state index contributed by atoms with van der Waals surface area (Å²) in [5.41, 5.74) is -0.206. The number of carboxylic acid groups (broad SMARTS) is 3. The third-order valence-electron chi connectivity index (χ3n) is 5.14. The minimum Gasteiger partial charge on any atom is -0.481 e. The van der Waals surface area contributed by atoms with Crippen molar-refractivity contribution in [1.29, 1.82) is 0 Å². The maximum Gasteiger partial charge on any atom is 0.336 e. The molecule has 0 radical (unpaired) electrons. The standard InChI is InChI=1S/C14H19NO3.C6H8O7/c1-10-4-13-14(18-9-17-13)5-12(10)7-15-3-2-11(6-15)8-16;7-3(8)1-6(13,5(11)12)2-4(9)10/h4-5,11,16H,2-3,6-9H2,1H3;13H,1-2H2,(H,7,8)(H,9,10)(H,11,12). The molecule has 1 aromatic rings. The molecule has 0 amide bonds. The van der Waals surface area contributed by atoms with E-state index in [1.165, 1.54) is 11.1 Å². The van der Waals surface area contributed by atoms with Crippen LogP contribution in [0, 0.1) is 12.8 Å². The molecule has 2 aliphatic rings. The lowest BCUT2D eigenvalue weighted by molar-refractivity contribution is -0.170. The molecule has 2 aliphatic heterocycles. The second-order valence-corrected chi connectivity index (χ2v) is 7.68. The highest BCUT2D eigenvalue weighted by Gasteiger charge is 2.40. The molecule has 31 heavy (non-hydrogen) atoms. The normalized spacial score (nSPS) is 17.7. The van der Waals surface area contributed by atoms with E-state index in [1.807, 2.05) is 0 Å². The molecule has 0 saturated carbocycles. The van der Waals surface area contributed by atoms with Gasteiger partial charge in [0.05, 0.1) is 12.8 Å². The zero-order chi connectivity index (χ0) is 23.2. The number of likely N-dealkylation sites (tertiary alicyclic amines) is 1. The Hall–Kier alpha value is -2.89. The monoisotopic (exact) mass is 441 g/mol. The highest BCUT2D eigenvalue weighted by atomic mass is 16.7. The topological polar surface area (TPSA) is 174 Å². The molecule has 1 unspecified atom stereocenters. The molecule has 1 aromatic carbocycles. The van der Waals surface area contributed by atoms with Crippen LogP contribution >= 0.6 is 0 Å². The summed E-state index contributed by atoms with van der Waals surface area (Å²) < 4.78 is 10.8. The van der Waals surface area contributed by atoms with Crippen LogP contribution < -0.4 is 9.47 Å². The second-order valence-electron chi connectivity index (χ2n) is 7.68. The number of carboxylic acids is 3. The summed E-state index contributed by atoms with van der Waals surface area (Å²) >= 11 is 0. The molecule has 0 aromatic heterocycles. The van der Waals surface area contributed by atoms with Gasteiger partial charge < -0.3 is 35.0 Å². The number of ether oxygens (including phenoxy) is 2. The predicted molar refractivity (Wildman–Crippen MR) is 105 cm³/mol. The van der Waals surface area contributed by atoms with Gasteiger partial charge in [-0.3, -0.25) is 14.5 Å². The number of hydrogen-bond acceptors (Lipinski definition) is 8. The molecule has 1 atom stereocenters. The van der Waals surface area contributed by atoms with Crippen LogP contribution in [-0.2, 0) is 20.9 Å². The van der Waals surface area contributed by atoms with E-state index in [9.17, 15) is 14.4 Å². The maximum absolute atomic E-state index is 10.3. The minimum absolute atomic E-state index is 0.302. The van der Waals surface area contributed by atoms with Gasteiger partial charge in [-0.1, -0.05) is 0 Å². The van der Waals surface area contributed by atoms with Crippen molar-refractivity contribution < 1.29 is 49.4 Å². The molecular formula is C20H27NO10. The Morgan fingerprint density at radius 2 is 1.68 bits per heavy atom. The van der Waals surface area contributed by atoms with Crippen molar-refractivity contribution in [3.63, 3.8) is 0 Å². The smallest absolute Gasteiger partial charge is 0.336 e. The Bertz CT molecular complexity index is 808. The van der Waals surface area contributed by atoms with Crippen LogP contribution in [0.4, 0.5) is 0 Å². The lowest BCUT2D eigenvalue weighted by Crippen LogP contribution is -2.42. The van der Waals surface area contributed by atoms with Gasteiger partial charge in [0.25, 0.3) is 0 Å². The van der Waals surface area contributed by atoms with Crippen molar-refractivity contribution in [2.24, 2.45) is 5.92 Å². The molecule has 0 bridgehead atoms. The molecule has 11 heteroatoms. The van der Waals surface area contributed by atoms with Gasteiger partial charge >= 0.3 is 17.9 Å². The molecular weight excluding hydrogens is 414 g/mol. The van der Waals surface area contributed by atoms with Crippen molar-refractivity contribution in [2.75, 3.05) is 26.5 Å². The fraction of sp³-hybridized carbons (Fsp3) is 0.550. The van der Waals surface area contributed by atoms with Gasteiger partial charge in [0, 0.05) is 19.7 Å². The number of fused-ring (bicyclic) bond motifs is 1. The van der Waals surface area contributed by atoms with Gasteiger partial charge in [-0.15, -0.1) is 0 Å². The molecule has 0 spiro atoms. The molecule has 2 heterocycles. The summed E-state index contributed by atoms with van der Waals surface area (Å²) in [5, 5.41) is 43.0. The number of aryl methyl sites for hydroxylation is 1. The summed E-state index contributed by atoms with van der Waals surface area (Å²) in [7, 11) is 0. The van der Waals surface area contributed by atoms with Crippen molar-refractivity contribution in [3.8, 4) is 11.5 Å². The van der Waals surface area contributed by atoms with Crippen LogP contribution in [0.2, 0.25) is 0 Å². The van der Waals surface area contributed by atoms with Crippen LogP contribution in [0.5, 0.6) is 11.5 Å². The van der Waals surface area contributed by atoms with Gasteiger partial charge in [-0.25, -0.2) is 4.79 Å². The zero-order valence-electron chi connectivity index (χ0n) is 17.1. The van der Waals surface area contributed by atoms with E-state index in [2.05, 4.69) is 24.0 Å². The second kappa shape index (κ2) is 10.4. The van der Waals surface area contributed by atoms with Crippen molar-refractivity contribution >= 4 is 17.9 Å². The highest BCUT2D eigenvalue weighted by molar-refractivity contribution is 5.88. The number of hydrogen-bond donors (Lipinski definition) is 5. The lowest BCUT2D eigenvalue weighted by atomic mass is 9.96. The Labute approximate surface area is 178 Å². The van der Waals surface area contributed by atoms with Crippen LogP contribution in [-0.4, -0.2) is 80.4 Å². The Morgan fingerprint density at radius 1 is 1.10 bits per heavy atom. The number of rotatable bonds is 8. The van der Waals surface area contributed by atoms with E-state index in [0.29, 0.717) is 19.3 Å². The van der Waals surface area contributed by atoms with E-state index in [4.69, 9.17) is 35.0 Å². The van der Waals surface area contributed by atoms with Gasteiger partial charge in [-0.05, 0) is 49.1 Å². The SMILES string of the molecule is Cc1cc2c(cc1CN1CCC(CO)C1)OCO2.O=C(O)CC(O)(CC(=O)O)C(=O)O. The summed E-state index contributed by atoms with van der Waals surface area (Å²) in [6.07, 6.45) is -1.19. The van der Waals surface area contributed by atoms with Crippen LogP contribution in [0.25, 0.3) is 0 Å². The number of aliphatic carboxylic acids is 3. The maximum atomic E-state index is 10.3. The van der Waals surface area contributed by atoms with E-state index in [-0.39, 0.29) is 0 Å². The average molecular weight is 441 g/mol. The molecule has 11 nitrogen and oxygen atoms in total. The van der Waals surface area contributed by atoms with Gasteiger partial charge in [0.15, 0.2) is 17.1 Å². The lowest BCUT2D eigenvalue weighted by Gasteiger charge is -2.18. The van der Waals surface area contributed by atoms with Crippen LogP contribution in [0.3, 0.4) is 0 Å². The van der Waals surface area contributed by atoms with Crippen molar-refractivity contribution in [2.45, 2.75) is 38.3 Å². The zero-order valence-corrected chi connectivity index (χ0v) is 17.1. The van der Waals surface area contributed by atoms with E-state index < -0.39 is 36.4 Å². The molecule has 1 saturated heterocycles. The highest BCUT2D eigenvalue weighted by Crippen LogP contribution is 2.35. The minimum atomic E-state index is -2.74. The van der Waals surface area contributed by atoms with E-state index >= 15 is 0 Å². The first-order valence-electron chi connectivity index (χ1n) is 9.65. The van der Waals surface area contributed by atoms with Crippen molar-refractivity contribution in [1.82, 2.24) is 4.90 Å². The summed E-state index contributed by atoms with van der Waals surface area (Å²) in [5.74, 6) is -2.87. The number of carbonyl (C=O) groups is 3. The van der Waals surface area contributed by atoms with E-state index in [0.717, 1.165) is 37.6 Å². The van der Waals surface area contributed by atoms with Gasteiger partial charge in [-0.2, -0.15) is 0 Å². The molecule has 5 N–H and O–H groups in total. The molecule has 0 aliphatic carbocycles. The first-order chi connectivity index (χ1) is 14.5. The number of aliphatic hydroxyl groups is 2. The third kappa shape index (κ3) is 6.81. The fourth-order valence-corrected chi connectivity index (χ4v) is 3.42. The van der Waals surface area contributed by atoms with E-state index in [1.54, 1.807) is 0 Å². The summed E-state index contributed by atoms with van der Waals surface area (Å²) in [6, 6.07) is 4.14. The summed E-state index contributed by atoms with van der Waals surface area (Å²) in [6.45, 7) is 5.73. The number of nitrogens with zero attached hydrogens (tertiary/aromatic N) is 1. The third-order valence-corrected chi connectivity index (χ3v) is 5.14. The average Bonchev–Trinajstić information content (AvgIpc) is 3.30.